The average Bonchev–Trinajstić information content (AvgIpc) is 2.80. The Kier molecular flexibility index (Phi) is 6.32. The summed E-state index contributed by atoms with van der Waals surface area (Å²) in [6, 6.07) is 14.9. The van der Waals surface area contributed by atoms with Gasteiger partial charge in [-0.15, -0.1) is 0 Å². The van der Waals surface area contributed by atoms with Crippen LogP contribution in [0.1, 0.15) is 35.4 Å². The highest BCUT2D eigenvalue weighted by atomic mass is 19.1. The van der Waals surface area contributed by atoms with Crippen LogP contribution in [0.15, 0.2) is 48.5 Å². The molecule has 0 spiro atoms. The van der Waals surface area contributed by atoms with Crippen LogP contribution < -0.4 is 0 Å². The molecule has 4 rings (SSSR count). The van der Waals surface area contributed by atoms with E-state index in [0.29, 0.717) is 31.6 Å². The van der Waals surface area contributed by atoms with Crippen molar-refractivity contribution in [1.82, 2.24) is 4.90 Å². The van der Waals surface area contributed by atoms with E-state index in [1.807, 2.05) is 24.3 Å². The van der Waals surface area contributed by atoms with Gasteiger partial charge in [-0.1, -0.05) is 36.1 Å². The van der Waals surface area contributed by atoms with Gasteiger partial charge in [-0.2, -0.15) is 5.26 Å². The molecule has 1 amide bonds. The van der Waals surface area contributed by atoms with Gasteiger partial charge in [-0.3, -0.25) is 4.79 Å². The molecule has 1 N–H and O–H groups in total. The number of ether oxygens (including phenoxy) is 1. The van der Waals surface area contributed by atoms with Gasteiger partial charge in [0, 0.05) is 30.6 Å². The predicted octanol–water partition coefficient (Wildman–Crippen LogP) is 2.83. The van der Waals surface area contributed by atoms with Gasteiger partial charge >= 0.3 is 0 Å². The summed E-state index contributed by atoms with van der Waals surface area (Å²) in [7, 11) is 0. The minimum absolute atomic E-state index is 0.0717. The summed E-state index contributed by atoms with van der Waals surface area (Å²) in [6.07, 6.45) is 1.29. The molecule has 2 saturated heterocycles. The summed E-state index contributed by atoms with van der Waals surface area (Å²) in [6.45, 7) is 0.890. The number of aliphatic hydroxyl groups is 1. The number of aliphatic hydroxyl groups excluding tert-OH is 1. The Bertz CT molecular complexity index is 1040. The number of halogens is 1. The second-order valence-electron chi connectivity index (χ2n) is 7.83. The summed E-state index contributed by atoms with van der Waals surface area (Å²) in [4.78, 5) is 14.5. The first kappa shape index (κ1) is 21.1. The maximum atomic E-state index is 13.7. The van der Waals surface area contributed by atoms with Gasteiger partial charge in [0.05, 0.1) is 24.3 Å². The topological polar surface area (TPSA) is 73.6 Å². The Morgan fingerprint density at radius 1 is 1.13 bits per heavy atom. The van der Waals surface area contributed by atoms with Gasteiger partial charge in [0.25, 0.3) is 0 Å². The SMILES string of the molecule is N#C[C@@H]1[C@H](c2ccc(C#Cc3ccccc3F)cc2)[C@H](CO)N1C(=O)C1CCOCC1. The van der Waals surface area contributed by atoms with E-state index in [-0.39, 0.29) is 30.2 Å². The molecule has 0 radical (unpaired) electrons. The lowest BCUT2D eigenvalue weighted by Crippen LogP contribution is -2.66. The third-order valence-electron chi connectivity index (χ3n) is 6.07. The van der Waals surface area contributed by atoms with E-state index in [1.165, 1.54) is 6.07 Å². The van der Waals surface area contributed by atoms with E-state index in [2.05, 4.69) is 17.9 Å². The molecular formula is C25H23FN2O3. The molecular weight excluding hydrogens is 395 g/mol. The van der Waals surface area contributed by atoms with Crippen LogP contribution in [-0.4, -0.2) is 47.8 Å². The molecule has 0 unspecified atom stereocenters. The third-order valence-corrected chi connectivity index (χ3v) is 6.07. The fourth-order valence-electron chi connectivity index (χ4n) is 4.36. The van der Waals surface area contributed by atoms with Crippen molar-refractivity contribution in [3.8, 4) is 17.9 Å². The predicted molar refractivity (Wildman–Crippen MR) is 112 cm³/mol. The summed E-state index contributed by atoms with van der Waals surface area (Å²) in [5.41, 5.74) is 1.92. The molecule has 5 nitrogen and oxygen atoms in total. The summed E-state index contributed by atoms with van der Waals surface area (Å²) in [5.74, 6) is 4.92. The zero-order chi connectivity index (χ0) is 21.8. The number of likely N-dealkylation sites (tertiary alicyclic amines) is 1. The molecule has 3 atom stereocenters. The molecule has 2 aliphatic heterocycles. The van der Waals surface area contributed by atoms with Gasteiger partial charge < -0.3 is 14.7 Å². The van der Waals surface area contributed by atoms with Crippen LogP contribution in [0.4, 0.5) is 4.39 Å². The van der Waals surface area contributed by atoms with E-state index in [9.17, 15) is 19.6 Å². The number of nitriles is 1. The first-order chi connectivity index (χ1) is 15.1. The largest absolute Gasteiger partial charge is 0.394 e. The van der Waals surface area contributed by atoms with Crippen LogP contribution in [-0.2, 0) is 9.53 Å². The number of hydrogen-bond acceptors (Lipinski definition) is 4. The van der Waals surface area contributed by atoms with Crippen LogP contribution in [0.25, 0.3) is 0 Å². The normalized spacial score (nSPS) is 23.3. The van der Waals surface area contributed by atoms with E-state index in [0.717, 1.165) is 11.1 Å². The number of amides is 1. The van der Waals surface area contributed by atoms with Gasteiger partial charge in [-0.25, -0.2) is 4.39 Å². The fraction of sp³-hybridized carbons (Fsp3) is 0.360. The maximum absolute atomic E-state index is 13.7. The van der Waals surface area contributed by atoms with Gasteiger partial charge in [0.1, 0.15) is 11.9 Å². The second-order valence-corrected chi connectivity index (χ2v) is 7.83. The van der Waals surface area contributed by atoms with Crippen molar-refractivity contribution in [2.24, 2.45) is 5.92 Å². The summed E-state index contributed by atoms with van der Waals surface area (Å²) >= 11 is 0. The Morgan fingerprint density at radius 3 is 2.48 bits per heavy atom. The summed E-state index contributed by atoms with van der Waals surface area (Å²) in [5, 5.41) is 19.7. The minimum Gasteiger partial charge on any atom is -0.394 e. The number of carbonyl (C=O) groups excluding carboxylic acids is 1. The monoisotopic (exact) mass is 418 g/mol. The van der Waals surface area contributed by atoms with Gasteiger partial charge in [0.15, 0.2) is 0 Å². The Hall–Kier alpha value is -3.19. The fourth-order valence-corrected chi connectivity index (χ4v) is 4.36. The van der Waals surface area contributed by atoms with Crippen LogP contribution in [0, 0.1) is 34.9 Å². The first-order valence-electron chi connectivity index (χ1n) is 10.4. The number of rotatable bonds is 3. The molecule has 6 heteroatoms. The quantitative estimate of drug-likeness (QED) is 0.778. The lowest BCUT2D eigenvalue weighted by molar-refractivity contribution is -0.154. The van der Waals surface area contributed by atoms with E-state index >= 15 is 0 Å². The molecule has 2 aromatic carbocycles. The minimum atomic E-state index is -0.608. The first-order valence-corrected chi connectivity index (χ1v) is 10.4. The van der Waals surface area contributed by atoms with Crippen LogP contribution >= 0.6 is 0 Å². The molecule has 0 saturated carbocycles. The standard InChI is InChI=1S/C25H23FN2O3/c26-21-4-2-1-3-18(21)8-5-17-6-9-19(10-7-17)24-22(15-27)28(23(24)16-29)25(30)20-11-13-31-14-12-20/h1-4,6-7,9-10,20,22-24,29H,11-14,16H2/t22-,23+,24+/m1/s1. The van der Waals surface area contributed by atoms with E-state index in [1.54, 1.807) is 23.1 Å². The third kappa shape index (κ3) is 4.18. The molecule has 0 aromatic heterocycles. The molecule has 2 fully saturated rings. The van der Waals surface area contributed by atoms with Crippen molar-refractivity contribution in [2.75, 3.05) is 19.8 Å². The lowest BCUT2D eigenvalue weighted by Gasteiger charge is -2.52. The highest BCUT2D eigenvalue weighted by Crippen LogP contribution is 2.42. The second kappa shape index (κ2) is 9.31. The molecule has 158 valence electrons. The van der Waals surface area contributed by atoms with Crippen molar-refractivity contribution >= 4 is 5.91 Å². The lowest BCUT2D eigenvalue weighted by atomic mass is 9.74. The number of carbonyl (C=O) groups is 1. The Morgan fingerprint density at radius 2 is 1.84 bits per heavy atom. The van der Waals surface area contributed by atoms with Crippen molar-refractivity contribution in [3.63, 3.8) is 0 Å². The smallest absolute Gasteiger partial charge is 0.227 e. The number of benzene rings is 2. The number of hydrogen-bond donors (Lipinski definition) is 1. The number of nitrogens with zero attached hydrogens (tertiary/aromatic N) is 2. The molecule has 2 aromatic rings. The van der Waals surface area contributed by atoms with Gasteiger partial charge in [0.2, 0.25) is 5.91 Å². The average molecular weight is 418 g/mol. The Labute approximate surface area is 181 Å². The highest BCUT2D eigenvalue weighted by Gasteiger charge is 2.52. The zero-order valence-electron chi connectivity index (χ0n) is 17.0. The Balaban J connectivity index is 1.51. The molecule has 2 heterocycles. The van der Waals surface area contributed by atoms with Crippen molar-refractivity contribution < 1.29 is 19.0 Å². The molecule has 0 aliphatic carbocycles. The zero-order valence-corrected chi connectivity index (χ0v) is 17.0. The summed E-state index contributed by atoms with van der Waals surface area (Å²) < 4.78 is 19.0. The van der Waals surface area contributed by atoms with E-state index in [4.69, 9.17) is 4.74 Å². The van der Waals surface area contributed by atoms with Crippen LogP contribution in [0.3, 0.4) is 0 Å². The van der Waals surface area contributed by atoms with E-state index < -0.39 is 12.1 Å². The molecule has 2 aliphatic rings. The molecule has 31 heavy (non-hydrogen) atoms. The van der Waals surface area contributed by atoms with Crippen molar-refractivity contribution in [1.29, 1.82) is 5.26 Å². The van der Waals surface area contributed by atoms with Crippen molar-refractivity contribution in [2.45, 2.75) is 30.8 Å². The van der Waals surface area contributed by atoms with Crippen LogP contribution in [0.5, 0.6) is 0 Å². The molecule has 0 bridgehead atoms. The highest BCUT2D eigenvalue weighted by molar-refractivity contribution is 5.81. The van der Waals surface area contributed by atoms with Crippen molar-refractivity contribution in [3.05, 3.63) is 71.0 Å². The van der Waals surface area contributed by atoms with Gasteiger partial charge in [-0.05, 0) is 42.7 Å². The van der Waals surface area contributed by atoms with Crippen LogP contribution in [0.2, 0.25) is 0 Å². The maximum Gasteiger partial charge on any atom is 0.227 e.